The number of benzene rings is 1. The molecule has 0 atom stereocenters. The number of aromatic hydroxyl groups is 1. The van der Waals surface area contributed by atoms with Gasteiger partial charge in [-0.25, -0.2) is 0 Å². The van der Waals surface area contributed by atoms with Gasteiger partial charge in [-0.1, -0.05) is 24.3 Å². The first-order chi connectivity index (χ1) is 6.83. The predicted octanol–water partition coefficient (Wildman–Crippen LogP) is 1.85. The van der Waals surface area contributed by atoms with E-state index < -0.39 is 0 Å². The van der Waals surface area contributed by atoms with Crippen molar-refractivity contribution in [2.24, 2.45) is 5.73 Å². The van der Waals surface area contributed by atoms with Crippen molar-refractivity contribution in [2.75, 3.05) is 6.54 Å². The molecule has 0 unspecified atom stereocenters. The average molecular weight is 189 g/mol. The second-order valence-electron chi connectivity index (χ2n) is 3.63. The Kier molecular flexibility index (Phi) is 2.55. The highest BCUT2D eigenvalue weighted by molar-refractivity contribution is 5.62. The van der Waals surface area contributed by atoms with E-state index in [1.807, 2.05) is 18.2 Å². The summed E-state index contributed by atoms with van der Waals surface area (Å²) in [7, 11) is 0. The van der Waals surface area contributed by atoms with Crippen LogP contribution in [0.5, 0.6) is 5.75 Å². The summed E-state index contributed by atoms with van der Waals surface area (Å²) >= 11 is 0. The molecule has 0 amide bonds. The van der Waals surface area contributed by atoms with E-state index in [1.54, 1.807) is 0 Å². The van der Waals surface area contributed by atoms with Crippen molar-refractivity contribution >= 4 is 6.08 Å². The Morgan fingerprint density at radius 2 is 2.21 bits per heavy atom. The number of rotatable bonds is 2. The molecule has 1 aromatic rings. The van der Waals surface area contributed by atoms with Crippen LogP contribution in [-0.4, -0.2) is 11.7 Å². The largest absolute Gasteiger partial charge is 0.507 e. The van der Waals surface area contributed by atoms with Gasteiger partial charge in [0.2, 0.25) is 0 Å². The topological polar surface area (TPSA) is 46.2 Å². The summed E-state index contributed by atoms with van der Waals surface area (Å²) in [6.45, 7) is 0.510. The van der Waals surface area contributed by atoms with Gasteiger partial charge in [-0.2, -0.15) is 0 Å². The molecule has 74 valence electrons. The molecule has 1 aromatic carbocycles. The zero-order chi connectivity index (χ0) is 9.97. The lowest BCUT2D eigenvalue weighted by Crippen LogP contribution is -1.92. The third-order valence-corrected chi connectivity index (χ3v) is 2.72. The summed E-state index contributed by atoms with van der Waals surface area (Å²) in [5.41, 5.74) is 8.68. The van der Waals surface area contributed by atoms with Gasteiger partial charge in [0.25, 0.3) is 0 Å². The lowest BCUT2D eigenvalue weighted by Gasteiger charge is -2.05. The molecule has 1 aliphatic carbocycles. The maximum atomic E-state index is 9.94. The number of fused-ring (bicyclic) bond motifs is 1. The van der Waals surface area contributed by atoms with Crippen LogP contribution in [0.15, 0.2) is 18.2 Å². The van der Waals surface area contributed by atoms with E-state index in [1.165, 1.54) is 5.56 Å². The second kappa shape index (κ2) is 3.84. The van der Waals surface area contributed by atoms with E-state index in [4.69, 9.17) is 5.73 Å². The van der Waals surface area contributed by atoms with Gasteiger partial charge in [0, 0.05) is 12.1 Å². The summed E-state index contributed by atoms with van der Waals surface area (Å²) in [5.74, 6) is 0.449. The van der Waals surface area contributed by atoms with Crippen LogP contribution in [-0.2, 0) is 12.8 Å². The van der Waals surface area contributed by atoms with Gasteiger partial charge in [0.05, 0.1) is 0 Å². The minimum absolute atomic E-state index is 0.449. The Bertz CT molecular complexity index is 369. The van der Waals surface area contributed by atoms with Gasteiger partial charge in [-0.15, -0.1) is 0 Å². The summed E-state index contributed by atoms with van der Waals surface area (Å²) in [6, 6.07) is 4.07. The quantitative estimate of drug-likeness (QED) is 0.745. The Hall–Kier alpha value is -1.28. The molecule has 0 aromatic heterocycles. The molecule has 2 nitrogen and oxygen atoms in total. The van der Waals surface area contributed by atoms with E-state index in [2.05, 4.69) is 6.07 Å². The summed E-state index contributed by atoms with van der Waals surface area (Å²) in [6.07, 6.45) is 7.01. The number of hydrogen-bond acceptors (Lipinski definition) is 2. The standard InChI is InChI=1S/C12H15NO/c13-8-2-4-10-7-6-9-3-1-5-11(9)12(10)14/h2,4,6-7,14H,1,3,5,8,13H2/b4-2+. The highest BCUT2D eigenvalue weighted by atomic mass is 16.3. The fourth-order valence-electron chi connectivity index (χ4n) is 1.99. The Morgan fingerprint density at radius 1 is 1.36 bits per heavy atom. The Morgan fingerprint density at radius 3 is 3.00 bits per heavy atom. The molecule has 0 spiro atoms. The van der Waals surface area contributed by atoms with Crippen LogP contribution in [0.1, 0.15) is 23.1 Å². The van der Waals surface area contributed by atoms with Gasteiger partial charge < -0.3 is 10.8 Å². The lowest BCUT2D eigenvalue weighted by molar-refractivity contribution is 0.468. The van der Waals surface area contributed by atoms with Crippen molar-refractivity contribution in [3.05, 3.63) is 34.9 Å². The molecule has 0 saturated heterocycles. The molecule has 0 saturated carbocycles. The van der Waals surface area contributed by atoms with E-state index in [0.717, 1.165) is 30.4 Å². The number of nitrogens with two attached hydrogens (primary N) is 1. The molecule has 3 N–H and O–H groups in total. The smallest absolute Gasteiger partial charge is 0.126 e. The summed E-state index contributed by atoms with van der Waals surface area (Å²) in [4.78, 5) is 0. The van der Waals surface area contributed by atoms with Crippen molar-refractivity contribution in [1.29, 1.82) is 0 Å². The van der Waals surface area contributed by atoms with E-state index in [-0.39, 0.29) is 0 Å². The van der Waals surface area contributed by atoms with Gasteiger partial charge in [-0.3, -0.25) is 0 Å². The molecular weight excluding hydrogens is 174 g/mol. The first-order valence-corrected chi connectivity index (χ1v) is 5.03. The first kappa shape index (κ1) is 9.28. The highest BCUT2D eigenvalue weighted by Crippen LogP contribution is 2.33. The van der Waals surface area contributed by atoms with E-state index >= 15 is 0 Å². The lowest BCUT2D eigenvalue weighted by atomic mass is 10.0. The van der Waals surface area contributed by atoms with Crippen molar-refractivity contribution in [3.63, 3.8) is 0 Å². The van der Waals surface area contributed by atoms with Crippen LogP contribution in [0.2, 0.25) is 0 Å². The zero-order valence-corrected chi connectivity index (χ0v) is 8.16. The number of phenols is 1. The van der Waals surface area contributed by atoms with Crippen LogP contribution in [0.4, 0.5) is 0 Å². The Labute approximate surface area is 84.1 Å². The molecule has 2 heteroatoms. The van der Waals surface area contributed by atoms with Crippen LogP contribution >= 0.6 is 0 Å². The average Bonchev–Trinajstić information content (AvgIpc) is 2.66. The van der Waals surface area contributed by atoms with Gasteiger partial charge in [-0.05, 0) is 30.4 Å². The van der Waals surface area contributed by atoms with Crippen LogP contribution in [0, 0.1) is 0 Å². The predicted molar refractivity (Wildman–Crippen MR) is 58.2 cm³/mol. The molecule has 0 radical (unpaired) electrons. The van der Waals surface area contributed by atoms with Crippen molar-refractivity contribution < 1.29 is 5.11 Å². The fraction of sp³-hybridized carbons (Fsp3) is 0.333. The molecule has 1 aliphatic rings. The van der Waals surface area contributed by atoms with Crippen LogP contribution < -0.4 is 5.73 Å². The fourth-order valence-corrected chi connectivity index (χ4v) is 1.99. The van der Waals surface area contributed by atoms with E-state index in [0.29, 0.717) is 12.3 Å². The number of aryl methyl sites for hydroxylation is 1. The van der Waals surface area contributed by atoms with Crippen LogP contribution in [0.3, 0.4) is 0 Å². The highest BCUT2D eigenvalue weighted by Gasteiger charge is 2.15. The molecule has 0 aliphatic heterocycles. The van der Waals surface area contributed by atoms with Crippen molar-refractivity contribution in [1.82, 2.24) is 0 Å². The van der Waals surface area contributed by atoms with Crippen molar-refractivity contribution in [3.8, 4) is 5.75 Å². The third-order valence-electron chi connectivity index (χ3n) is 2.72. The monoisotopic (exact) mass is 189 g/mol. The molecular formula is C12H15NO. The zero-order valence-electron chi connectivity index (χ0n) is 8.16. The molecule has 0 heterocycles. The maximum absolute atomic E-state index is 9.94. The van der Waals surface area contributed by atoms with Gasteiger partial charge in [0.1, 0.15) is 5.75 Å². The number of hydrogen-bond donors (Lipinski definition) is 2. The van der Waals surface area contributed by atoms with Crippen molar-refractivity contribution in [2.45, 2.75) is 19.3 Å². The molecule has 0 bridgehead atoms. The SMILES string of the molecule is NC/C=C/c1ccc2c(c1O)CCC2. The molecule has 14 heavy (non-hydrogen) atoms. The summed E-state index contributed by atoms with van der Waals surface area (Å²) < 4.78 is 0. The minimum atomic E-state index is 0.449. The van der Waals surface area contributed by atoms with Gasteiger partial charge >= 0.3 is 0 Å². The molecule has 2 rings (SSSR count). The van der Waals surface area contributed by atoms with Crippen LogP contribution in [0.25, 0.3) is 6.08 Å². The van der Waals surface area contributed by atoms with Gasteiger partial charge in [0.15, 0.2) is 0 Å². The third kappa shape index (κ3) is 1.53. The minimum Gasteiger partial charge on any atom is -0.507 e. The van der Waals surface area contributed by atoms with E-state index in [9.17, 15) is 5.11 Å². The Balaban J connectivity index is 2.39. The maximum Gasteiger partial charge on any atom is 0.126 e. The normalized spacial score (nSPS) is 14.9. The number of phenolic OH excluding ortho intramolecular Hbond substituents is 1. The first-order valence-electron chi connectivity index (χ1n) is 5.03. The second-order valence-corrected chi connectivity index (χ2v) is 3.63. The summed E-state index contributed by atoms with van der Waals surface area (Å²) in [5, 5.41) is 9.94. The molecule has 0 fully saturated rings.